The molecular weight excluding hydrogens is 470 g/mol. The predicted octanol–water partition coefficient (Wildman–Crippen LogP) is 8.52. The summed E-state index contributed by atoms with van der Waals surface area (Å²) in [7, 11) is 4.15. The monoisotopic (exact) mass is 524 g/mol. The molecule has 212 valence electrons. The lowest BCUT2D eigenvalue weighted by molar-refractivity contribution is -0.917. The zero-order valence-electron chi connectivity index (χ0n) is 24.9. The maximum absolute atomic E-state index is 12.7. The number of aryl methyl sites for hydroxylation is 1. The molecule has 0 radical (unpaired) electrons. The first-order chi connectivity index (χ1) is 18.3. The van der Waals surface area contributed by atoms with Gasteiger partial charge in [-0.1, -0.05) is 107 Å². The highest BCUT2D eigenvalue weighted by Gasteiger charge is 2.32. The SMILES string of the molecule is CCCCCCCCCCCCc1ccc(OC(C)CCOC(=O)C(C)[N+](C)(C)Cc2ccccc2)cc1. The molecule has 0 aromatic heterocycles. The van der Waals surface area contributed by atoms with Crippen molar-refractivity contribution in [3.05, 3.63) is 65.7 Å². The Labute approximate surface area is 233 Å². The molecule has 38 heavy (non-hydrogen) atoms. The number of esters is 1. The third-order valence-electron chi connectivity index (χ3n) is 7.67. The fourth-order valence-electron chi connectivity index (χ4n) is 4.76. The summed E-state index contributed by atoms with van der Waals surface area (Å²) in [6, 6.07) is 18.5. The Kier molecular flexibility index (Phi) is 15.1. The lowest BCUT2D eigenvalue weighted by atomic mass is 10.0. The first kappa shape index (κ1) is 31.9. The molecule has 0 fully saturated rings. The zero-order chi connectivity index (χ0) is 27.6. The quantitative estimate of drug-likeness (QED) is 0.0989. The van der Waals surface area contributed by atoms with Crippen LogP contribution in [0.4, 0.5) is 0 Å². The summed E-state index contributed by atoms with van der Waals surface area (Å²) in [5, 5.41) is 0. The molecule has 0 saturated carbocycles. The number of hydrogen-bond acceptors (Lipinski definition) is 3. The van der Waals surface area contributed by atoms with Gasteiger partial charge >= 0.3 is 5.97 Å². The number of rotatable bonds is 20. The highest BCUT2D eigenvalue weighted by Crippen LogP contribution is 2.18. The molecule has 0 spiro atoms. The van der Waals surface area contributed by atoms with Gasteiger partial charge in [-0.15, -0.1) is 0 Å². The van der Waals surface area contributed by atoms with Gasteiger partial charge in [-0.2, -0.15) is 0 Å². The van der Waals surface area contributed by atoms with Crippen molar-refractivity contribution in [3.63, 3.8) is 0 Å². The highest BCUT2D eigenvalue weighted by molar-refractivity contribution is 5.74. The second kappa shape index (κ2) is 18.0. The Morgan fingerprint density at radius 1 is 0.763 bits per heavy atom. The third-order valence-corrected chi connectivity index (χ3v) is 7.67. The van der Waals surface area contributed by atoms with Crippen LogP contribution in [0, 0.1) is 0 Å². The van der Waals surface area contributed by atoms with E-state index < -0.39 is 0 Å². The lowest BCUT2D eigenvalue weighted by Crippen LogP contribution is -2.51. The van der Waals surface area contributed by atoms with Gasteiger partial charge in [-0.25, -0.2) is 4.79 Å². The van der Waals surface area contributed by atoms with E-state index in [1.807, 2.05) is 32.0 Å². The maximum atomic E-state index is 12.7. The third kappa shape index (κ3) is 13.0. The average molecular weight is 525 g/mol. The summed E-state index contributed by atoms with van der Waals surface area (Å²) in [6.07, 6.45) is 15.5. The van der Waals surface area contributed by atoms with Crippen LogP contribution in [0.3, 0.4) is 0 Å². The average Bonchev–Trinajstić information content (AvgIpc) is 2.90. The van der Waals surface area contributed by atoms with E-state index in [0.717, 1.165) is 18.7 Å². The van der Waals surface area contributed by atoms with Crippen molar-refractivity contribution in [2.24, 2.45) is 0 Å². The van der Waals surface area contributed by atoms with Crippen LogP contribution in [0.2, 0.25) is 0 Å². The molecular formula is C34H54NO3+. The van der Waals surface area contributed by atoms with Gasteiger partial charge in [0.05, 0.1) is 26.8 Å². The fourth-order valence-corrected chi connectivity index (χ4v) is 4.76. The summed E-state index contributed by atoms with van der Waals surface area (Å²) in [5.41, 5.74) is 2.59. The van der Waals surface area contributed by atoms with E-state index in [0.29, 0.717) is 17.5 Å². The van der Waals surface area contributed by atoms with Crippen LogP contribution < -0.4 is 4.74 Å². The van der Waals surface area contributed by atoms with Gasteiger partial charge < -0.3 is 14.0 Å². The van der Waals surface area contributed by atoms with Crippen molar-refractivity contribution in [1.29, 1.82) is 0 Å². The smallest absolute Gasteiger partial charge is 0.364 e. The number of quaternary nitrogens is 1. The Balaban J connectivity index is 1.59. The van der Waals surface area contributed by atoms with Crippen molar-refractivity contribution in [2.45, 2.75) is 117 Å². The second-order valence-corrected chi connectivity index (χ2v) is 11.6. The molecule has 0 bridgehead atoms. The van der Waals surface area contributed by atoms with Crippen molar-refractivity contribution < 1.29 is 18.8 Å². The summed E-state index contributed by atoms with van der Waals surface area (Å²) >= 11 is 0. The number of unbranched alkanes of at least 4 members (excludes halogenated alkanes) is 9. The van der Waals surface area contributed by atoms with E-state index in [1.54, 1.807) is 0 Å². The predicted molar refractivity (Wildman–Crippen MR) is 159 cm³/mol. The Morgan fingerprint density at radius 2 is 1.34 bits per heavy atom. The van der Waals surface area contributed by atoms with E-state index in [9.17, 15) is 4.79 Å². The van der Waals surface area contributed by atoms with Crippen molar-refractivity contribution in [1.82, 2.24) is 0 Å². The second-order valence-electron chi connectivity index (χ2n) is 11.6. The molecule has 0 aliphatic rings. The maximum Gasteiger partial charge on any atom is 0.364 e. The van der Waals surface area contributed by atoms with Gasteiger partial charge in [0.1, 0.15) is 12.3 Å². The molecule has 2 unspecified atom stereocenters. The standard InChI is InChI=1S/C34H54NO3/c1-6-7-8-9-10-11-12-13-14-16-19-31-22-24-33(25-23-31)38-29(2)26-27-37-34(36)30(3)35(4,5)28-32-20-17-15-18-21-32/h15,17-18,20-25,29-30H,6-14,16,19,26-28H2,1-5H3/q+1. The molecule has 2 atom stereocenters. The number of likely N-dealkylation sites (N-methyl/N-ethyl adjacent to an activating group) is 1. The van der Waals surface area contributed by atoms with Crippen LogP contribution in [0.15, 0.2) is 54.6 Å². The molecule has 4 heteroatoms. The number of ether oxygens (including phenoxy) is 2. The van der Waals surface area contributed by atoms with E-state index in [2.05, 4.69) is 57.4 Å². The van der Waals surface area contributed by atoms with E-state index in [-0.39, 0.29) is 18.1 Å². The molecule has 0 N–H and O–H groups in total. The van der Waals surface area contributed by atoms with Gasteiger partial charge in [0.2, 0.25) is 0 Å². The zero-order valence-corrected chi connectivity index (χ0v) is 24.9. The van der Waals surface area contributed by atoms with E-state index >= 15 is 0 Å². The Morgan fingerprint density at radius 3 is 1.95 bits per heavy atom. The first-order valence-electron chi connectivity index (χ1n) is 15.1. The molecule has 2 rings (SSSR count). The van der Waals surface area contributed by atoms with Crippen LogP contribution in [-0.4, -0.2) is 43.3 Å². The van der Waals surface area contributed by atoms with Crippen molar-refractivity contribution in [3.8, 4) is 5.75 Å². The molecule has 0 heterocycles. The summed E-state index contributed by atoms with van der Waals surface area (Å²) < 4.78 is 12.2. The van der Waals surface area contributed by atoms with Gasteiger partial charge in [0.25, 0.3) is 0 Å². The van der Waals surface area contributed by atoms with E-state index in [4.69, 9.17) is 9.47 Å². The van der Waals surface area contributed by atoms with Gasteiger partial charge in [0.15, 0.2) is 6.04 Å². The van der Waals surface area contributed by atoms with Gasteiger partial charge in [-0.3, -0.25) is 0 Å². The van der Waals surface area contributed by atoms with Gasteiger partial charge in [-0.05, 0) is 44.4 Å². The molecule has 2 aromatic carbocycles. The van der Waals surface area contributed by atoms with Crippen LogP contribution in [0.1, 0.15) is 103 Å². The number of hydrogen-bond donors (Lipinski definition) is 0. The number of nitrogens with zero attached hydrogens (tertiary/aromatic N) is 1. The number of benzene rings is 2. The van der Waals surface area contributed by atoms with Crippen molar-refractivity contribution in [2.75, 3.05) is 20.7 Å². The summed E-state index contributed by atoms with van der Waals surface area (Å²) in [5.74, 6) is 0.721. The minimum atomic E-state index is -0.241. The number of carbonyl (C=O) groups is 1. The van der Waals surface area contributed by atoms with Gasteiger partial charge in [0, 0.05) is 12.0 Å². The Bertz CT molecular complexity index is 878. The first-order valence-corrected chi connectivity index (χ1v) is 15.1. The highest BCUT2D eigenvalue weighted by atomic mass is 16.5. The fraction of sp³-hybridized carbons (Fsp3) is 0.618. The lowest BCUT2D eigenvalue weighted by Gasteiger charge is -2.34. The summed E-state index contributed by atoms with van der Waals surface area (Å²) in [6.45, 7) is 7.41. The minimum Gasteiger partial charge on any atom is -0.491 e. The number of carbonyl (C=O) groups excluding carboxylic acids is 1. The topological polar surface area (TPSA) is 35.5 Å². The van der Waals surface area contributed by atoms with Crippen LogP contribution >= 0.6 is 0 Å². The van der Waals surface area contributed by atoms with E-state index in [1.165, 1.54) is 75.3 Å². The van der Waals surface area contributed by atoms with Crippen LogP contribution in [0.25, 0.3) is 0 Å². The van der Waals surface area contributed by atoms with Crippen LogP contribution in [0.5, 0.6) is 5.75 Å². The molecule has 0 aliphatic heterocycles. The van der Waals surface area contributed by atoms with Crippen LogP contribution in [-0.2, 0) is 22.5 Å². The Hall–Kier alpha value is -2.33. The largest absolute Gasteiger partial charge is 0.491 e. The molecule has 2 aromatic rings. The minimum absolute atomic E-state index is 0.0160. The molecule has 0 amide bonds. The summed E-state index contributed by atoms with van der Waals surface area (Å²) in [4.78, 5) is 12.7. The normalized spacial score (nSPS) is 13.2. The van der Waals surface area contributed by atoms with Crippen molar-refractivity contribution >= 4 is 5.97 Å². The molecule has 0 aliphatic carbocycles. The molecule has 4 nitrogen and oxygen atoms in total. The molecule has 0 saturated heterocycles.